The maximum atomic E-state index is 13.3. The lowest BCUT2D eigenvalue weighted by atomic mass is 10.1. The maximum Gasteiger partial charge on any atom is 0.273 e. The van der Waals surface area contributed by atoms with Crippen molar-refractivity contribution in [2.24, 2.45) is 0 Å². The molecule has 7 rings (SSSR count). The number of likely N-dealkylation sites (tertiary alicyclic amines) is 1. The minimum Gasteiger partial charge on any atom is -0.369 e. The number of benzene rings is 2. The van der Waals surface area contributed by atoms with Gasteiger partial charge in [0.1, 0.15) is 11.3 Å². The topological polar surface area (TPSA) is 121 Å². The van der Waals surface area contributed by atoms with E-state index in [1.54, 1.807) is 17.2 Å². The first-order valence-corrected chi connectivity index (χ1v) is 16.7. The number of anilines is 6. The summed E-state index contributed by atoms with van der Waals surface area (Å²) in [6, 6.07) is 15.9. The number of aromatic nitrogens is 3. The zero-order chi connectivity index (χ0) is 34.5. The van der Waals surface area contributed by atoms with Crippen LogP contribution in [0.2, 0.25) is 0 Å². The van der Waals surface area contributed by atoms with Gasteiger partial charge in [-0.2, -0.15) is 4.98 Å². The molecule has 2 aromatic carbocycles. The highest BCUT2D eigenvalue weighted by molar-refractivity contribution is 6.05. The van der Waals surface area contributed by atoms with Crippen molar-refractivity contribution in [2.45, 2.75) is 19.8 Å². The zero-order valence-corrected chi connectivity index (χ0v) is 28.2. The van der Waals surface area contributed by atoms with Crippen LogP contribution in [-0.4, -0.2) is 96.0 Å². The fourth-order valence-electron chi connectivity index (χ4n) is 6.48. The average molecular weight is 662 g/mol. The number of fused-ring (bicyclic) bond motifs is 2. The van der Waals surface area contributed by atoms with E-state index in [9.17, 15) is 14.4 Å². The van der Waals surface area contributed by atoms with E-state index >= 15 is 0 Å². The number of pyridine rings is 1. The lowest BCUT2D eigenvalue weighted by Crippen LogP contribution is -2.44. The number of nitrogens with zero attached hydrogens (tertiary/aromatic N) is 7. The maximum absolute atomic E-state index is 13.3. The number of aryl methyl sites for hydroxylation is 1. The van der Waals surface area contributed by atoms with Gasteiger partial charge in [0.15, 0.2) is 0 Å². The van der Waals surface area contributed by atoms with Crippen molar-refractivity contribution in [2.75, 3.05) is 79.4 Å². The van der Waals surface area contributed by atoms with Crippen LogP contribution < -0.4 is 25.6 Å². The summed E-state index contributed by atoms with van der Waals surface area (Å²) in [5.74, 6) is 0.318. The minimum absolute atomic E-state index is 0.0764. The molecule has 2 saturated heterocycles. The second kappa shape index (κ2) is 14.7. The van der Waals surface area contributed by atoms with Crippen LogP contribution in [0.25, 0.3) is 11.0 Å². The number of hydrogen-bond donors (Lipinski definition) is 2. The third-order valence-electron chi connectivity index (χ3n) is 9.21. The first-order chi connectivity index (χ1) is 23.7. The molecule has 0 spiro atoms. The van der Waals surface area contributed by atoms with E-state index < -0.39 is 0 Å². The van der Waals surface area contributed by atoms with Crippen LogP contribution in [0.4, 0.5) is 34.4 Å². The van der Waals surface area contributed by atoms with Crippen LogP contribution in [0.15, 0.2) is 84.8 Å². The number of aromatic amines is 1. The summed E-state index contributed by atoms with van der Waals surface area (Å²) in [5.41, 5.74) is 5.27. The van der Waals surface area contributed by atoms with Crippen LogP contribution in [0.5, 0.6) is 0 Å². The Kier molecular flexibility index (Phi) is 10.0. The molecule has 49 heavy (non-hydrogen) atoms. The lowest BCUT2D eigenvalue weighted by molar-refractivity contribution is -0.125. The smallest absolute Gasteiger partial charge is 0.273 e. The number of para-hydroxylation sites is 1. The van der Waals surface area contributed by atoms with Crippen LogP contribution >= 0.6 is 0 Å². The molecule has 0 aliphatic carbocycles. The Morgan fingerprint density at radius 1 is 0.878 bits per heavy atom. The van der Waals surface area contributed by atoms with Crippen molar-refractivity contribution < 1.29 is 9.59 Å². The Morgan fingerprint density at radius 2 is 1.59 bits per heavy atom. The fraction of sp³-hybridized carbons (Fsp3) is 0.324. The van der Waals surface area contributed by atoms with Crippen molar-refractivity contribution >= 4 is 57.2 Å². The summed E-state index contributed by atoms with van der Waals surface area (Å²) in [7, 11) is 2.15. The lowest BCUT2D eigenvalue weighted by Gasteiger charge is -2.38. The molecule has 12 nitrogen and oxygen atoms in total. The second-order valence-electron chi connectivity index (χ2n) is 12.5. The van der Waals surface area contributed by atoms with E-state index in [1.165, 1.54) is 17.8 Å². The number of H-pyrrole nitrogens is 1. The molecule has 2 N–H and O–H groups in total. The molecule has 3 aliphatic rings. The number of hydrogen-bond acceptors (Lipinski definition) is 9. The van der Waals surface area contributed by atoms with Gasteiger partial charge in [-0.3, -0.25) is 14.4 Å². The van der Waals surface area contributed by atoms with E-state index in [0.29, 0.717) is 35.8 Å². The molecule has 0 atom stereocenters. The summed E-state index contributed by atoms with van der Waals surface area (Å²) in [4.78, 5) is 58.8. The summed E-state index contributed by atoms with van der Waals surface area (Å²) < 4.78 is 0. The molecule has 2 fully saturated rings. The predicted octanol–water partition coefficient (Wildman–Crippen LogP) is 4.59. The van der Waals surface area contributed by atoms with Crippen LogP contribution in [0.3, 0.4) is 0 Å². The van der Waals surface area contributed by atoms with Gasteiger partial charge in [-0.15, -0.1) is 0 Å². The van der Waals surface area contributed by atoms with Crippen LogP contribution in [-0.2, 0) is 9.59 Å². The summed E-state index contributed by atoms with van der Waals surface area (Å²) >= 11 is 0. The molecule has 12 heteroatoms. The van der Waals surface area contributed by atoms with E-state index in [1.807, 2.05) is 47.1 Å². The van der Waals surface area contributed by atoms with Crippen molar-refractivity contribution in [1.82, 2.24) is 24.8 Å². The molecule has 0 saturated carbocycles. The summed E-state index contributed by atoms with van der Waals surface area (Å²) in [5, 5.41) is 3.96. The third kappa shape index (κ3) is 7.34. The molecule has 3 aliphatic heterocycles. The predicted molar refractivity (Wildman–Crippen MR) is 196 cm³/mol. The minimum atomic E-state index is -0.260. The monoisotopic (exact) mass is 661 g/mol. The van der Waals surface area contributed by atoms with Gasteiger partial charge >= 0.3 is 0 Å². The van der Waals surface area contributed by atoms with Gasteiger partial charge < -0.3 is 34.8 Å². The number of carbonyl (C=O) groups is 2. The van der Waals surface area contributed by atoms with Crippen LogP contribution in [0, 0.1) is 6.92 Å². The second-order valence-corrected chi connectivity index (χ2v) is 12.5. The zero-order valence-electron chi connectivity index (χ0n) is 28.2. The van der Waals surface area contributed by atoms with Gasteiger partial charge in [0, 0.05) is 75.3 Å². The number of rotatable bonds is 6. The normalized spacial score (nSPS) is 16.1. The highest BCUT2D eigenvalue weighted by Gasteiger charge is 2.29. The first-order valence-electron chi connectivity index (χ1n) is 16.7. The largest absolute Gasteiger partial charge is 0.369 e. The average Bonchev–Trinajstić information content (AvgIpc) is 3.67. The summed E-state index contributed by atoms with van der Waals surface area (Å²) in [6.07, 6.45) is 6.71. The number of piperazine rings is 1. The molecular formula is C37H43N9O3. The van der Waals surface area contributed by atoms with Gasteiger partial charge in [0.25, 0.3) is 11.5 Å². The van der Waals surface area contributed by atoms with E-state index in [-0.39, 0.29) is 17.4 Å². The van der Waals surface area contributed by atoms with E-state index in [0.717, 1.165) is 74.7 Å². The van der Waals surface area contributed by atoms with Crippen molar-refractivity contribution in [3.05, 3.63) is 96.0 Å². The number of nitrogens with one attached hydrogen (secondary N) is 2. The molecule has 0 unspecified atom stereocenters. The molecule has 2 aromatic heterocycles. The summed E-state index contributed by atoms with van der Waals surface area (Å²) in [6.45, 7) is 15.9. The Morgan fingerprint density at radius 3 is 2.29 bits per heavy atom. The van der Waals surface area contributed by atoms with E-state index in [2.05, 4.69) is 62.4 Å². The van der Waals surface area contributed by atoms with Crippen molar-refractivity contribution in [1.29, 1.82) is 0 Å². The van der Waals surface area contributed by atoms with Gasteiger partial charge in [0.05, 0.1) is 11.4 Å². The number of likely N-dealkylation sites (N-methyl/N-ethyl adjacent to an activating group) is 1. The van der Waals surface area contributed by atoms with Gasteiger partial charge in [-0.05, 0) is 80.9 Å². The Bertz CT molecular complexity index is 1910. The molecule has 5 heterocycles. The molecule has 4 aromatic rings. The Balaban J connectivity index is 0.000000403. The van der Waals surface area contributed by atoms with Crippen molar-refractivity contribution in [3.63, 3.8) is 0 Å². The SMILES string of the molecule is C=CC(=O)N1CCCC1.C=CC(=O)N1CCN(c2cc3cnc(Nc4ccc(N5CCN(C)CC5)cc4)nc3[nH]c2=O)c2cccc(C)c21. The molecule has 0 bridgehead atoms. The molecule has 0 radical (unpaired) electrons. The van der Waals surface area contributed by atoms with Gasteiger partial charge in [0.2, 0.25) is 11.9 Å². The number of carbonyl (C=O) groups excluding carboxylic acids is 2. The highest BCUT2D eigenvalue weighted by atomic mass is 16.2. The standard InChI is InChI=1S/C30H32N8O2.C7H11NO/c1-4-26(39)38-17-16-37(24-7-5-6-20(2)27(24)38)25-18-21-19-31-30(34-28(21)33-29(25)40)32-22-8-10-23(11-9-22)36-14-12-35(3)13-15-36;1-2-7(9)8-5-3-4-6-8/h4-11,18-19H,1,12-17H2,2-3H3,(H2,31,32,33,34,40);2H,1,3-6H2. The van der Waals surface area contributed by atoms with Crippen LogP contribution in [0.1, 0.15) is 18.4 Å². The highest BCUT2D eigenvalue weighted by Crippen LogP contribution is 2.39. The number of amides is 2. The molecule has 2 amide bonds. The van der Waals surface area contributed by atoms with Gasteiger partial charge in [-0.1, -0.05) is 25.3 Å². The molecular weight excluding hydrogens is 618 g/mol. The van der Waals surface area contributed by atoms with Gasteiger partial charge in [-0.25, -0.2) is 4.98 Å². The van der Waals surface area contributed by atoms with Crippen molar-refractivity contribution in [3.8, 4) is 0 Å². The third-order valence-corrected chi connectivity index (χ3v) is 9.21. The fourth-order valence-corrected chi connectivity index (χ4v) is 6.48. The quantitative estimate of drug-likeness (QED) is 0.286. The first kappa shape index (κ1) is 33.4. The molecule has 254 valence electrons. The Labute approximate surface area is 286 Å². The van der Waals surface area contributed by atoms with E-state index in [4.69, 9.17) is 0 Å². The Hall–Kier alpha value is -5.49.